The van der Waals surface area contributed by atoms with Crippen LogP contribution in [0.2, 0.25) is 5.02 Å². The lowest BCUT2D eigenvalue weighted by molar-refractivity contribution is 0.0591. The van der Waals surface area contributed by atoms with Crippen LogP contribution in [0.4, 0.5) is 4.39 Å². The van der Waals surface area contributed by atoms with Gasteiger partial charge in [0.2, 0.25) is 0 Å². The van der Waals surface area contributed by atoms with E-state index < -0.39 is 5.82 Å². The molecule has 2 heterocycles. The second-order valence-electron chi connectivity index (χ2n) is 5.84. The van der Waals surface area contributed by atoms with E-state index in [2.05, 4.69) is 4.98 Å². The van der Waals surface area contributed by atoms with Crippen LogP contribution >= 0.6 is 11.6 Å². The van der Waals surface area contributed by atoms with Gasteiger partial charge in [0.15, 0.2) is 0 Å². The molecule has 0 saturated carbocycles. The van der Waals surface area contributed by atoms with E-state index in [0.29, 0.717) is 25.9 Å². The Morgan fingerprint density at radius 1 is 1.29 bits per heavy atom. The molecule has 0 unspecified atom stereocenters. The SMILES string of the molecule is Cc1ccc(OC2CCN(C(=O)c3c(F)cccc3Cl)CC2)cn1. The number of nitrogens with zero attached hydrogens (tertiary/aromatic N) is 2. The molecule has 1 aliphatic rings. The summed E-state index contributed by atoms with van der Waals surface area (Å²) in [7, 11) is 0. The van der Waals surface area contributed by atoms with Crippen LogP contribution in [-0.4, -0.2) is 35.0 Å². The zero-order chi connectivity index (χ0) is 17.1. The predicted octanol–water partition coefficient (Wildman–Crippen LogP) is 3.87. The minimum absolute atomic E-state index is 0.0228. The number of ether oxygens (including phenoxy) is 1. The third kappa shape index (κ3) is 3.67. The lowest BCUT2D eigenvalue weighted by Crippen LogP contribution is -2.42. The summed E-state index contributed by atoms with van der Waals surface area (Å²) in [4.78, 5) is 18.3. The van der Waals surface area contributed by atoms with Gasteiger partial charge in [-0.25, -0.2) is 4.39 Å². The zero-order valence-electron chi connectivity index (χ0n) is 13.3. The molecule has 3 rings (SSSR count). The van der Waals surface area contributed by atoms with Crippen LogP contribution < -0.4 is 4.74 Å². The van der Waals surface area contributed by atoms with Crippen molar-refractivity contribution >= 4 is 17.5 Å². The fraction of sp³-hybridized carbons (Fsp3) is 0.333. The van der Waals surface area contributed by atoms with E-state index in [1.807, 2.05) is 19.1 Å². The molecule has 126 valence electrons. The number of aromatic nitrogens is 1. The van der Waals surface area contributed by atoms with Crippen molar-refractivity contribution in [2.45, 2.75) is 25.9 Å². The zero-order valence-corrected chi connectivity index (χ0v) is 14.1. The molecule has 24 heavy (non-hydrogen) atoms. The summed E-state index contributed by atoms with van der Waals surface area (Å²) in [6.07, 6.45) is 3.10. The highest BCUT2D eigenvalue weighted by atomic mass is 35.5. The largest absolute Gasteiger partial charge is 0.489 e. The first-order valence-electron chi connectivity index (χ1n) is 7.87. The van der Waals surface area contributed by atoms with Crippen LogP contribution in [0, 0.1) is 12.7 Å². The van der Waals surface area contributed by atoms with Crippen LogP contribution in [0.1, 0.15) is 28.9 Å². The summed E-state index contributed by atoms with van der Waals surface area (Å²) in [5.41, 5.74) is 0.880. The average Bonchev–Trinajstić information content (AvgIpc) is 2.57. The van der Waals surface area contributed by atoms with Crippen LogP contribution in [0.15, 0.2) is 36.5 Å². The quantitative estimate of drug-likeness (QED) is 0.845. The summed E-state index contributed by atoms with van der Waals surface area (Å²) in [5, 5.41) is 0.143. The third-order valence-corrected chi connectivity index (χ3v) is 4.41. The molecular formula is C18H18ClFN2O2. The standard InChI is InChI=1S/C18H18ClFN2O2/c1-12-5-6-14(11-21-12)24-13-7-9-22(10-8-13)18(23)17-15(19)3-2-4-16(17)20/h2-6,11,13H,7-10H2,1H3. The molecule has 0 aliphatic carbocycles. The van der Waals surface area contributed by atoms with E-state index in [1.54, 1.807) is 11.1 Å². The van der Waals surface area contributed by atoms with E-state index in [0.717, 1.165) is 11.4 Å². The number of aryl methyl sites for hydroxylation is 1. The highest BCUT2D eigenvalue weighted by Gasteiger charge is 2.27. The Labute approximate surface area is 145 Å². The second-order valence-corrected chi connectivity index (χ2v) is 6.25. The first-order valence-corrected chi connectivity index (χ1v) is 8.25. The number of benzene rings is 1. The van der Waals surface area contributed by atoms with E-state index in [4.69, 9.17) is 16.3 Å². The fourth-order valence-electron chi connectivity index (χ4n) is 2.75. The summed E-state index contributed by atoms with van der Waals surface area (Å²) in [6, 6.07) is 8.05. The van der Waals surface area contributed by atoms with Crippen molar-refractivity contribution in [3.63, 3.8) is 0 Å². The van der Waals surface area contributed by atoms with Crippen molar-refractivity contribution in [3.8, 4) is 5.75 Å². The summed E-state index contributed by atoms with van der Waals surface area (Å²) in [6.45, 7) is 2.93. The summed E-state index contributed by atoms with van der Waals surface area (Å²) < 4.78 is 19.8. The molecular weight excluding hydrogens is 331 g/mol. The molecule has 6 heteroatoms. The van der Waals surface area contributed by atoms with Crippen molar-refractivity contribution in [2.75, 3.05) is 13.1 Å². The Bertz CT molecular complexity index is 708. The van der Waals surface area contributed by atoms with Gasteiger partial charge in [0.25, 0.3) is 5.91 Å². The van der Waals surface area contributed by atoms with Crippen molar-refractivity contribution in [2.24, 2.45) is 0 Å². The summed E-state index contributed by atoms with van der Waals surface area (Å²) >= 11 is 5.97. The lowest BCUT2D eigenvalue weighted by atomic mass is 10.1. The number of carbonyl (C=O) groups excluding carboxylic acids is 1. The van der Waals surface area contributed by atoms with E-state index in [1.165, 1.54) is 18.2 Å². The number of piperidine rings is 1. The van der Waals surface area contributed by atoms with Gasteiger partial charge in [0.05, 0.1) is 16.8 Å². The molecule has 0 bridgehead atoms. The predicted molar refractivity (Wildman–Crippen MR) is 89.9 cm³/mol. The maximum Gasteiger partial charge on any atom is 0.258 e. The molecule has 0 spiro atoms. The number of amides is 1. The molecule has 0 atom stereocenters. The smallest absolute Gasteiger partial charge is 0.258 e. The van der Waals surface area contributed by atoms with Crippen LogP contribution in [0.5, 0.6) is 5.75 Å². The van der Waals surface area contributed by atoms with Crippen LogP contribution in [0.25, 0.3) is 0 Å². The Morgan fingerprint density at radius 2 is 2.04 bits per heavy atom. The van der Waals surface area contributed by atoms with E-state index in [9.17, 15) is 9.18 Å². The van der Waals surface area contributed by atoms with Gasteiger partial charge in [-0.3, -0.25) is 9.78 Å². The van der Waals surface area contributed by atoms with Crippen LogP contribution in [0.3, 0.4) is 0 Å². The second kappa shape index (κ2) is 7.18. The molecule has 1 aliphatic heterocycles. The number of hydrogen-bond donors (Lipinski definition) is 0. The maximum atomic E-state index is 13.9. The number of pyridine rings is 1. The Balaban J connectivity index is 1.60. The van der Waals surface area contributed by atoms with Gasteiger partial charge in [-0.2, -0.15) is 0 Å². The highest BCUT2D eigenvalue weighted by molar-refractivity contribution is 6.33. The first kappa shape index (κ1) is 16.7. The van der Waals surface area contributed by atoms with Gasteiger partial charge >= 0.3 is 0 Å². The number of likely N-dealkylation sites (tertiary alicyclic amines) is 1. The fourth-order valence-corrected chi connectivity index (χ4v) is 3.00. The van der Waals surface area contributed by atoms with Crippen molar-refractivity contribution in [1.29, 1.82) is 0 Å². The van der Waals surface area contributed by atoms with E-state index >= 15 is 0 Å². The van der Waals surface area contributed by atoms with Gasteiger partial charge in [0, 0.05) is 31.6 Å². The maximum absolute atomic E-state index is 13.9. The minimum Gasteiger partial charge on any atom is -0.489 e. The monoisotopic (exact) mass is 348 g/mol. The molecule has 0 N–H and O–H groups in total. The Hall–Kier alpha value is -2.14. The van der Waals surface area contributed by atoms with E-state index in [-0.39, 0.29) is 22.6 Å². The number of rotatable bonds is 3. The van der Waals surface area contributed by atoms with Crippen molar-refractivity contribution in [1.82, 2.24) is 9.88 Å². The Kier molecular flexibility index (Phi) is 5.00. The highest BCUT2D eigenvalue weighted by Crippen LogP contribution is 2.24. The topological polar surface area (TPSA) is 42.4 Å². The molecule has 1 amide bonds. The van der Waals surface area contributed by atoms with Gasteiger partial charge in [-0.05, 0) is 31.2 Å². The number of halogens is 2. The molecule has 4 nitrogen and oxygen atoms in total. The molecule has 0 radical (unpaired) electrons. The van der Waals surface area contributed by atoms with Gasteiger partial charge in [-0.1, -0.05) is 17.7 Å². The molecule has 1 aromatic carbocycles. The Morgan fingerprint density at radius 3 is 2.67 bits per heavy atom. The van der Waals surface area contributed by atoms with Crippen LogP contribution in [-0.2, 0) is 0 Å². The third-order valence-electron chi connectivity index (χ3n) is 4.09. The minimum atomic E-state index is -0.586. The molecule has 1 saturated heterocycles. The van der Waals surface area contributed by atoms with Gasteiger partial charge in [-0.15, -0.1) is 0 Å². The van der Waals surface area contributed by atoms with Crippen molar-refractivity contribution < 1.29 is 13.9 Å². The number of carbonyl (C=O) groups is 1. The normalized spacial score (nSPS) is 15.4. The van der Waals surface area contributed by atoms with Gasteiger partial charge < -0.3 is 9.64 Å². The average molecular weight is 349 g/mol. The lowest BCUT2D eigenvalue weighted by Gasteiger charge is -2.32. The number of hydrogen-bond acceptors (Lipinski definition) is 3. The molecule has 1 aromatic heterocycles. The first-order chi connectivity index (χ1) is 11.5. The van der Waals surface area contributed by atoms with Crippen molar-refractivity contribution in [3.05, 3.63) is 58.6 Å². The molecule has 1 fully saturated rings. The summed E-state index contributed by atoms with van der Waals surface area (Å²) in [5.74, 6) is -0.229. The molecule has 2 aromatic rings. The van der Waals surface area contributed by atoms with Gasteiger partial charge in [0.1, 0.15) is 17.7 Å².